The van der Waals surface area contributed by atoms with Gasteiger partial charge in [0.25, 0.3) is 10.0 Å². The molecule has 2 aromatic carbocycles. The maximum absolute atomic E-state index is 13.3. The van der Waals surface area contributed by atoms with Crippen molar-refractivity contribution in [3.8, 4) is 11.1 Å². The number of carbonyl (C=O) groups excluding carboxylic acids is 1. The lowest BCUT2D eigenvalue weighted by atomic mass is 9.95. The number of hydrogen-bond donors (Lipinski definition) is 1. The minimum atomic E-state index is -4.63. The molecule has 1 heterocycles. The van der Waals surface area contributed by atoms with Crippen molar-refractivity contribution in [3.63, 3.8) is 0 Å². The first kappa shape index (κ1) is 20.7. The van der Waals surface area contributed by atoms with Crippen molar-refractivity contribution >= 4 is 21.6 Å². The van der Waals surface area contributed by atoms with Crippen LogP contribution in [0.5, 0.6) is 0 Å². The molecule has 1 saturated carbocycles. The van der Waals surface area contributed by atoms with Gasteiger partial charge in [-0.3, -0.25) is 9.10 Å². The van der Waals surface area contributed by atoms with Crippen molar-refractivity contribution in [1.82, 2.24) is 5.32 Å². The largest absolute Gasteiger partial charge is 0.416 e. The summed E-state index contributed by atoms with van der Waals surface area (Å²) < 4.78 is 67.1. The molecule has 5 nitrogen and oxygen atoms in total. The Morgan fingerprint density at radius 3 is 2.43 bits per heavy atom. The molecular formula is C21H21F3N2O3S. The molecule has 0 atom stereocenters. The van der Waals surface area contributed by atoms with Gasteiger partial charge in [-0.1, -0.05) is 43.5 Å². The normalized spacial score (nSPS) is 18.4. The lowest BCUT2D eigenvalue weighted by molar-refractivity contribution is -0.137. The summed E-state index contributed by atoms with van der Waals surface area (Å²) in [5, 5.41) is 2.84. The third-order valence-corrected chi connectivity index (χ3v) is 7.41. The van der Waals surface area contributed by atoms with Gasteiger partial charge in [0.05, 0.1) is 16.1 Å². The molecule has 1 amide bonds. The SMILES string of the molecule is O=C(CN1c2cc(C(F)(F)F)ccc2-c2ccccc2S1(=O)=O)NC1CCCCC1. The van der Waals surface area contributed by atoms with Gasteiger partial charge in [-0.25, -0.2) is 8.42 Å². The van der Waals surface area contributed by atoms with Crippen molar-refractivity contribution in [2.24, 2.45) is 0 Å². The van der Waals surface area contributed by atoms with Gasteiger partial charge in [-0.2, -0.15) is 13.2 Å². The van der Waals surface area contributed by atoms with Crippen LogP contribution in [0.4, 0.5) is 18.9 Å². The van der Waals surface area contributed by atoms with Crippen LogP contribution in [0.15, 0.2) is 47.4 Å². The predicted octanol–water partition coefficient (Wildman–Crippen LogP) is 4.33. The fraction of sp³-hybridized carbons (Fsp3) is 0.381. The Balaban J connectivity index is 1.75. The number of alkyl halides is 3. The summed E-state index contributed by atoms with van der Waals surface area (Å²) in [6.07, 6.45) is 0.0610. The number of benzene rings is 2. The van der Waals surface area contributed by atoms with Gasteiger partial charge < -0.3 is 5.32 Å². The Morgan fingerprint density at radius 2 is 1.73 bits per heavy atom. The van der Waals surface area contributed by atoms with Crippen molar-refractivity contribution in [2.75, 3.05) is 10.8 Å². The smallest absolute Gasteiger partial charge is 0.352 e. The topological polar surface area (TPSA) is 66.5 Å². The Morgan fingerprint density at radius 1 is 1.03 bits per heavy atom. The maximum Gasteiger partial charge on any atom is 0.416 e. The van der Waals surface area contributed by atoms with Crippen molar-refractivity contribution < 1.29 is 26.4 Å². The minimum Gasteiger partial charge on any atom is -0.352 e. The average molecular weight is 438 g/mol. The Labute approximate surface area is 172 Å². The monoisotopic (exact) mass is 438 g/mol. The summed E-state index contributed by atoms with van der Waals surface area (Å²) in [7, 11) is -4.19. The second kappa shape index (κ2) is 7.61. The third kappa shape index (κ3) is 3.78. The summed E-state index contributed by atoms with van der Waals surface area (Å²) in [4.78, 5) is 12.6. The second-order valence-electron chi connectivity index (χ2n) is 7.64. The van der Waals surface area contributed by atoms with Crippen molar-refractivity contribution in [2.45, 2.75) is 49.2 Å². The van der Waals surface area contributed by atoms with E-state index in [1.54, 1.807) is 18.2 Å². The Bertz CT molecular complexity index is 1080. The molecule has 2 aromatic rings. The second-order valence-corrected chi connectivity index (χ2v) is 9.47. The molecule has 1 N–H and O–H groups in total. The van der Waals surface area contributed by atoms with Crippen LogP contribution in [0.25, 0.3) is 11.1 Å². The van der Waals surface area contributed by atoms with E-state index in [0.717, 1.165) is 48.5 Å². The molecule has 4 rings (SSSR count). The van der Waals surface area contributed by atoms with E-state index in [0.29, 0.717) is 11.1 Å². The number of nitrogens with zero attached hydrogens (tertiary/aromatic N) is 1. The zero-order valence-electron chi connectivity index (χ0n) is 16.1. The van der Waals surface area contributed by atoms with Gasteiger partial charge in [-0.15, -0.1) is 0 Å². The molecule has 9 heteroatoms. The highest BCUT2D eigenvalue weighted by Gasteiger charge is 2.39. The van der Waals surface area contributed by atoms with Crippen LogP contribution in [0.2, 0.25) is 0 Å². The highest BCUT2D eigenvalue weighted by Crippen LogP contribution is 2.45. The summed E-state index contributed by atoms with van der Waals surface area (Å²) in [5.74, 6) is -0.520. The number of halogens is 3. The van der Waals surface area contributed by atoms with Crippen LogP contribution < -0.4 is 9.62 Å². The molecule has 1 aliphatic heterocycles. The zero-order chi connectivity index (χ0) is 21.5. The van der Waals surface area contributed by atoms with E-state index in [-0.39, 0.29) is 16.6 Å². The Kier molecular flexibility index (Phi) is 5.25. The number of carbonyl (C=O) groups is 1. The van der Waals surface area contributed by atoms with Crippen LogP contribution in [0, 0.1) is 0 Å². The molecule has 0 saturated heterocycles. The molecule has 2 aliphatic rings. The van der Waals surface area contributed by atoms with Gasteiger partial charge in [0.1, 0.15) is 6.54 Å². The lowest BCUT2D eigenvalue weighted by Crippen LogP contribution is -2.46. The van der Waals surface area contributed by atoms with Gasteiger partial charge in [0.2, 0.25) is 5.91 Å². The van der Waals surface area contributed by atoms with Crippen LogP contribution in [0.1, 0.15) is 37.7 Å². The summed E-state index contributed by atoms with van der Waals surface area (Å²) in [5.41, 5.74) is -0.431. The summed E-state index contributed by atoms with van der Waals surface area (Å²) in [6, 6.07) is 9.08. The maximum atomic E-state index is 13.3. The highest BCUT2D eigenvalue weighted by molar-refractivity contribution is 7.93. The molecule has 1 aliphatic carbocycles. The molecule has 30 heavy (non-hydrogen) atoms. The van der Waals surface area contributed by atoms with Gasteiger partial charge in [0.15, 0.2) is 0 Å². The van der Waals surface area contributed by atoms with E-state index in [1.807, 2.05) is 0 Å². The fourth-order valence-electron chi connectivity index (χ4n) is 4.13. The molecule has 0 spiro atoms. The number of sulfonamides is 1. The van der Waals surface area contributed by atoms with Crippen LogP contribution in [0.3, 0.4) is 0 Å². The Hall–Kier alpha value is -2.55. The van der Waals surface area contributed by atoms with Crippen LogP contribution in [-0.4, -0.2) is 26.9 Å². The van der Waals surface area contributed by atoms with Gasteiger partial charge >= 0.3 is 6.18 Å². The molecule has 0 radical (unpaired) electrons. The number of anilines is 1. The number of amides is 1. The van der Waals surface area contributed by atoms with E-state index < -0.39 is 34.2 Å². The molecule has 0 unspecified atom stereocenters. The molecule has 160 valence electrons. The van der Waals surface area contributed by atoms with E-state index in [9.17, 15) is 26.4 Å². The zero-order valence-corrected chi connectivity index (χ0v) is 16.9. The highest BCUT2D eigenvalue weighted by atomic mass is 32.2. The first-order valence-corrected chi connectivity index (χ1v) is 11.2. The summed E-state index contributed by atoms with van der Waals surface area (Å²) in [6.45, 7) is -0.568. The van der Waals surface area contributed by atoms with Crippen molar-refractivity contribution in [1.29, 1.82) is 0 Å². The quantitative estimate of drug-likeness (QED) is 0.776. The standard InChI is InChI=1S/C21H21F3N2O3S/c22-21(23,24)14-10-11-16-17-8-4-5-9-19(17)30(28,29)26(18(16)12-14)13-20(27)25-15-6-2-1-3-7-15/h4-5,8-12,15H,1-3,6-7,13H2,(H,25,27). The van der Waals surface area contributed by atoms with E-state index in [4.69, 9.17) is 0 Å². The van der Waals surface area contributed by atoms with E-state index in [1.165, 1.54) is 12.1 Å². The lowest BCUT2D eigenvalue weighted by Gasteiger charge is -2.33. The van der Waals surface area contributed by atoms with E-state index >= 15 is 0 Å². The van der Waals surface area contributed by atoms with Crippen molar-refractivity contribution in [3.05, 3.63) is 48.0 Å². The average Bonchev–Trinajstić information content (AvgIpc) is 2.71. The van der Waals surface area contributed by atoms with Gasteiger partial charge in [0, 0.05) is 17.2 Å². The minimum absolute atomic E-state index is 0.0253. The molecular weight excluding hydrogens is 417 g/mol. The fourth-order valence-corrected chi connectivity index (χ4v) is 5.77. The number of fused-ring (bicyclic) bond motifs is 3. The third-order valence-electron chi connectivity index (χ3n) is 5.60. The van der Waals surface area contributed by atoms with Gasteiger partial charge in [-0.05, 0) is 31.0 Å². The van der Waals surface area contributed by atoms with Crippen LogP contribution in [-0.2, 0) is 21.0 Å². The number of hydrogen-bond acceptors (Lipinski definition) is 3. The predicted molar refractivity (Wildman–Crippen MR) is 106 cm³/mol. The summed E-state index contributed by atoms with van der Waals surface area (Å²) >= 11 is 0. The molecule has 0 aromatic heterocycles. The first-order valence-electron chi connectivity index (χ1n) is 9.81. The first-order chi connectivity index (χ1) is 14.2. The number of nitrogens with one attached hydrogen (secondary N) is 1. The van der Waals surface area contributed by atoms with Crippen LogP contribution >= 0.6 is 0 Å². The van der Waals surface area contributed by atoms with E-state index in [2.05, 4.69) is 5.32 Å². The number of rotatable bonds is 3. The molecule has 0 bridgehead atoms. The molecule has 1 fully saturated rings.